The maximum absolute atomic E-state index is 12.2. The number of halogens is 1. The van der Waals surface area contributed by atoms with Gasteiger partial charge in [-0.1, -0.05) is 6.92 Å². The van der Waals surface area contributed by atoms with Crippen LogP contribution < -0.4 is 11.5 Å². The van der Waals surface area contributed by atoms with Crippen LogP contribution in [0.1, 0.15) is 18.5 Å². The van der Waals surface area contributed by atoms with Crippen LogP contribution in [0.25, 0.3) is 0 Å². The molecule has 0 radical (unpaired) electrons. The summed E-state index contributed by atoms with van der Waals surface area (Å²) in [6, 6.07) is 6.79. The number of rotatable bonds is 3. The average molecular weight is 464 g/mol. The van der Waals surface area contributed by atoms with Crippen molar-refractivity contribution in [1.82, 2.24) is 15.4 Å². The molecule has 1 atom stereocenters. The number of anilines is 1. The molecule has 0 spiro atoms. The van der Waals surface area contributed by atoms with Gasteiger partial charge in [-0.2, -0.15) is 39.8 Å². The Hall–Kier alpha value is -1.99. The molecule has 112 valence electrons. The molecular weight excluding hydrogens is 447 g/mol. The van der Waals surface area contributed by atoms with Crippen LogP contribution in [-0.2, 0) is 19.8 Å². The van der Waals surface area contributed by atoms with Gasteiger partial charge in [-0.05, 0) is 5.69 Å². The summed E-state index contributed by atoms with van der Waals surface area (Å²) in [7, 11) is 0. The van der Waals surface area contributed by atoms with Gasteiger partial charge in [-0.3, -0.25) is 10.5 Å². The van der Waals surface area contributed by atoms with Gasteiger partial charge in [0, 0.05) is 11.7 Å². The third kappa shape index (κ3) is 7.38. The minimum absolute atomic E-state index is 0. The number of nitrogen functional groups attached to an aromatic ring is 1. The summed E-state index contributed by atoms with van der Waals surface area (Å²) in [5.41, 5.74) is 11.3. The number of H-pyrrole nitrogens is 1. The molecule has 1 aromatic heterocycles. The fourth-order valence-electron chi connectivity index (χ4n) is 1.19. The van der Waals surface area contributed by atoms with Crippen molar-refractivity contribution >= 4 is 5.69 Å². The van der Waals surface area contributed by atoms with Gasteiger partial charge in [-0.25, -0.2) is 6.08 Å². The quantitative estimate of drug-likeness (QED) is 0.369. The molecule has 0 fully saturated rings. The van der Waals surface area contributed by atoms with Crippen molar-refractivity contribution in [3.63, 3.8) is 0 Å². The molecule has 1 aromatic carbocycles. The number of allylic oxidation sites excluding steroid dienone is 3. The normalized spacial score (nSPS) is 11.7. The van der Waals surface area contributed by atoms with E-state index in [9.17, 15) is 4.39 Å². The van der Waals surface area contributed by atoms with Gasteiger partial charge in [0.1, 0.15) is 0 Å². The van der Waals surface area contributed by atoms with Gasteiger partial charge < -0.3 is 11.5 Å². The van der Waals surface area contributed by atoms with Crippen LogP contribution in [0.3, 0.4) is 0 Å². The summed E-state index contributed by atoms with van der Waals surface area (Å²) in [4.78, 5) is 0. The molecule has 0 amide bonds. The second kappa shape index (κ2) is 10.8. The van der Waals surface area contributed by atoms with E-state index in [1.54, 1.807) is 18.3 Å². The first-order valence-corrected chi connectivity index (χ1v) is 5.88. The first-order valence-electron chi connectivity index (χ1n) is 5.88. The van der Waals surface area contributed by atoms with Crippen molar-refractivity contribution in [1.29, 1.82) is 0 Å². The molecule has 0 aliphatic rings. The van der Waals surface area contributed by atoms with Crippen LogP contribution in [0.15, 0.2) is 42.7 Å². The molecule has 2 rings (SSSR count). The fraction of sp³-hybridized carbons (Fsp3) is 0.143. The first kappa shape index (κ1) is 19.0. The van der Waals surface area contributed by atoms with Gasteiger partial charge >= 0.3 is 19.8 Å². The number of benzene rings is 1. The fourth-order valence-corrected chi connectivity index (χ4v) is 1.19. The summed E-state index contributed by atoms with van der Waals surface area (Å²) >= 11 is 0. The first-order chi connectivity index (χ1) is 9.65. The number of nitrogens with one attached hydrogen (secondary N) is 1. The van der Waals surface area contributed by atoms with Crippen LogP contribution in [0.2, 0.25) is 0 Å². The molecular formula is C14H16FN5Os. The molecule has 0 saturated carbocycles. The third-order valence-electron chi connectivity index (χ3n) is 2.28. The molecule has 1 unspecified atom stereocenters. The van der Waals surface area contributed by atoms with Crippen molar-refractivity contribution in [2.24, 2.45) is 5.73 Å². The second-order valence-electron chi connectivity index (χ2n) is 3.82. The summed E-state index contributed by atoms with van der Waals surface area (Å²) in [6.07, 6.45) is 9.56. The third-order valence-corrected chi connectivity index (χ3v) is 2.28. The maximum atomic E-state index is 12.2. The molecule has 0 aliphatic carbocycles. The standard InChI is InChI=1S/C8H11N4.C6H5FN.Os/c1-7(4-2-3-5-9)8-6-10-12-11-8;7-5-3-1-2-4-6(5)8;/h3-7H,9H2,1H3,(H,10,11,12);2-4H,8H2;/q2*-1;+2/b5-3-;;. The molecule has 5 N–H and O–H groups in total. The van der Waals surface area contributed by atoms with Crippen molar-refractivity contribution in [3.05, 3.63) is 66.4 Å². The SMILES string of the molecule is CC(C=[C-]/C=C\N)c1cn[nH]n1.Nc1cc[c-]cc1F.[Os+2]. The van der Waals surface area contributed by atoms with Crippen LogP contribution >= 0.6 is 0 Å². The van der Waals surface area contributed by atoms with Crippen molar-refractivity contribution in [2.45, 2.75) is 12.8 Å². The van der Waals surface area contributed by atoms with E-state index in [4.69, 9.17) is 11.5 Å². The van der Waals surface area contributed by atoms with Gasteiger partial charge in [0.2, 0.25) is 0 Å². The van der Waals surface area contributed by atoms with Crippen molar-refractivity contribution in [2.75, 3.05) is 5.73 Å². The molecule has 0 saturated heterocycles. The Morgan fingerprint density at radius 1 is 1.52 bits per heavy atom. The van der Waals surface area contributed by atoms with E-state index in [1.807, 2.05) is 13.0 Å². The molecule has 7 heteroatoms. The Balaban J connectivity index is 0.000000390. The van der Waals surface area contributed by atoms with E-state index in [2.05, 4.69) is 27.6 Å². The molecule has 0 aliphatic heterocycles. The number of aromatic nitrogens is 3. The molecule has 2 aromatic rings. The number of hydrogen-bond donors (Lipinski definition) is 3. The van der Waals surface area contributed by atoms with Crippen molar-refractivity contribution in [3.8, 4) is 0 Å². The molecule has 5 nitrogen and oxygen atoms in total. The Kier molecular flexibility index (Phi) is 9.73. The van der Waals surface area contributed by atoms with E-state index in [0.717, 1.165) is 5.69 Å². The number of nitrogens with zero attached hydrogens (tertiary/aromatic N) is 2. The smallest absolute Gasteiger partial charge is 0.481 e. The van der Waals surface area contributed by atoms with E-state index in [-0.39, 0.29) is 31.4 Å². The molecule has 1 heterocycles. The van der Waals surface area contributed by atoms with E-state index < -0.39 is 5.82 Å². The summed E-state index contributed by atoms with van der Waals surface area (Å²) in [5.74, 6) is -0.201. The van der Waals surface area contributed by atoms with Gasteiger partial charge in [0.25, 0.3) is 0 Å². The Bertz CT molecular complexity index is 533. The average Bonchev–Trinajstić information content (AvgIpc) is 2.97. The maximum Gasteiger partial charge on any atom is 2.00 e. The summed E-state index contributed by atoms with van der Waals surface area (Å²) in [5, 5.41) is 10.2. The van der Waals surface area contributed by atoms with Gasteiger partial charge in [0.05, 0.1) is 11.9 Å². The van der Waals surface area contributed by atoms with Gasteiger partial charge in [0.15, 0.2) is 0 Å². The predicted molar refractivity (Wildman–Crippen MR) is 75.6 cm³/mol. The zero-order chi connectivity index (χ0) is 14.8. The van der Waals surface area contributed by atoms with E-state index in [0.29, 0.717) is 0 Å². The molecule has 0 bridgehead atoms. The predicted octanol–water partition coefficient (Wildman–Crippen LogP) is 1.95. The van der Waals surface area contributed by atoms with E-state index >= 15 is 0 Å². The zero-order valence-electron chi connectivity index (χ0n) is 11.4. The van der Waals surface area contributed by atoms with Crippen LogP contribution in [0.5, 0.6) is 0 Å². The Labute approximate surface area is 136 Å². The number of aromatic amines is 1. The molecule has 21 heavy (non-hydrogen) atoms. The topological polar surface area (TPSA) is 93.6 Å². The van der Waals surface area contributed by atoms with Crippen LogP contribution in [0.4, 0.5) is 10.1 Å². The largest absolute Gasteiger partial charge is 2.00 e. The monoisotopic (exact) mass is 465 g/mol. The van der Waals surface area contributed by atoms with Crippen LogP contribution in [-0.4, -0.2) is 15.4 Å². The number of nitrogens with two attached hydrogens (primary N) is 2. The zero-order valence-corrected chi connectivity index (χ0v) is 13.9. The Morgan fingerprint density at radius 2 is 2.29 bits per heavy atom. The van der Waals surface area contributed by atoms with E-state index in [1.165, 1.54) is 18.3 Å². The number of hydrogen-bond acceptors (Lipinski definition) is 4. The summed E-state index contributed by atoms with van der Waals surface area (Å²) in [6.45, 7) is 2.01. The van der Waals surface area contributed by atoms with Crippen LogP contribution in [0, 0.1) is 18.0 Å². The van der Waals surface area contributed by atoms with Gasteiger partial charge in [-0.15, -0.1) is 12.1 Å². The summed E-state index contributed by atoms with van der Waals surface area (Å²) < 4.78 is 12.2. The minimum atomic E-state index is -0.410. The second-order valence-corrected chi connectivity index (χ2v) is 3.82. The Morgan fingerprint density at radius 3 is 2.76 bits per heavy atom. The minimum Gasteiger partial charge on any atom is -0.481 e. The van der Waals surface area contributed by atoms with Crippen molar-refractivity contribution < 1.29 is 24.2 Å².